The molecule has 6 atom stereocenters. The van der Waals surface area contributed by atoms with Crippen LogP contribution in [0.4, 0.5) is 17.1 Å². The van der Waals surface area contributed by atoms with Crippen LogP contribution in [0.3, 0.4) is 0 Å². The number of hydrogen-bond acceptors (Lipinski definition) is 13. The number of hydrogen-bond donors (Lipinski definition) is 1. The first kappa shape index (κ1) is 52.0. The van der Waals surface area contributed by atoms with Crippen LogP contribution >= 0.6 is 35.1 Å². The quantitative estimate of drug-likeness (QED) is 0.0895. The summed E-state index contributed by atoms with van der Waals surface area (Å²) in [5.74, 6) is -3.13. The van der Waals surface area contributed by atoms with E-state index in [1.807, 2.05) is 73.7 Å². The number of aliphatic imine (C=N–C) groups is 3. The van der Waals surface area contributed by atoms with Crippen LogP contribution in [-0.2, 0) is 23.7 Å². The number of para-hydroxylation sites is 1. The molecule has 0 amide bonds. The lowest BCUT2D eigenvalue weighted by atomic mass is 9.98. The third kappa shape index (κ3) is 13.4. The fraction of sp³-hybridized carbons (Fsp3) is 0.125. The fourth-order valence-electron chi connectivity index (χ4n) is 7.55. The summed E-state index contributed by atoms with van der Waals surface area (Å²) in [6.07, 6.45) is -6.03. The van der Waals surface area contributed by atoms with Gasteiger partial charge in [0.15, 0.2) is 23.7 Å². The van der Waals surface area contributed by atoms with E-state index < -0.39 is 60.3 Å². The van der Waals surface area contributed by atoms with E-state index in [1.165, 1.54) is 11.8 Å². The van der Waals surface area contributed by atoms with Crippen molar-refractivity contribution in [3.8, 4) is 0 Å². The summed E-state index contributed by atoms with van der Waals surface area (Å²) < 4.78 is 32.0. The van der Waals surface area contributed by atoms with Crippen LogP contribution in [0, 0.1) is 6.92 Å². The molecule has 1 N–H and O–H groups in total. The van der Waals surface area contributed by atoms with Gasteiger partial charge in [-0.3, -0.25) is 0 Å². The molecule has 368 valence electrons. The summed E-state index contributed by atoms with van der Waals surface area (Å²) >= 11 is 8.75. The summed E-state index contributed by atoms with van der Waals surface area (Å²) in [7, 11) is 0. The van der Waals surface area contributed by atoms with E-state index in [-0.39, 0.29) is 34.7 Å². The monoisotopic (exact) mass is 1050 g/mol. The number of benzene rings is 7. The van der Waals surface area contributed by atoms with Crippen LogP contribution in [-0.4, -0.2) is 75.8 Å². The van der Waals surface area contributed by atoms with Gasteiger partial charge in [0.1, 0.15) is 18.4 Å². The number of esters is 4. The molecule has 0 radical (unpaired) electrons. The molecule has 2 aliphatic heterocycles. The van der Waals surface area contributed by atoms with Crippen molar-refractivity contribution < 1.29 is 60.2 Å². The Hall–Kier alpha value is -7.37. The second-order valence-electron chi connectivity index (χ2n) is 16.2. The Labute approximate surface area is 440 Å². The molecule has 1 fully saturated rings. The van der Waals surface area contributed by atoms with Gasteiger partial charge < -0.3 is 36.1 Å². The molecule has 0 aromatic heterocycles. The van der Waals surface area contributed by atoms with Crippen LogP contribution in [0.5, 0.6) is 0 Å². The predicted octanol–water partition coefficient (Wildman–Crippen LogP) is 7.64. The highest BCUT2D eigenvalue weighted by Crippen LogP contribution is 2.37. The van der Waals surface area contributed by atoms with Crippen molar-refractivity contribution in [3.05, 3.63) is 233 Å². The first-order valence-corrected chi connectivity index (χ1v) is 24.7. The number of thioether (sulfide) groups is 2. The minimum Gasteiger partial charge on any atom is -1.00 e. The van der Waals surface area contributed by atoms with Gasteiger partial charge in [0.25, 0.3) is 10.3 Å². The van der Waals surface area contributed by atoms with Gasteiger partial charge in [-0.1, -0.05) is 120 Å². The van der Waals surface area contributed by atoms with E-state index in [0.717, 1.165) is 17.3 Å². The van der Waals surface area contributed by atoms with Gasteiger partial charge in [0.2, 0.25) is 5.17 Å². The molecule has 73 heavy (non-hydrogen) atoms. The molecule has 2 aliphatic rings. The largest absolute Gasteiger partial charge is 1.00 e. The summed E-state index contributed by atoms with van der Waals surface area (Å²) in [5.41, 5.74) is 2.42. The second-order valence-corrected chi connectivity index (χ2v) is 18.7. The van der Waals surface area contributed by atoms with Crippen LogP contribution in [0.15, 0.2) is 215 Å². The number of quaternary nitrogens is 1. The molecular weight excluding hydrogens is 1010 g/mol. The number of rotatable bonds is 13. The lowest BCUT2D eigenvalue weighted by Gasteiger charge is -2.44. The molecule has 7 aromatic rings. The smallest absolute Gasteiger partial charge is 0.338 e. The van der Waals surface area contributed by atoms with Crippen LogP contribution < -0.4 is 17.3 Å². The van der Waals surface area contributed by atoms with E-state index in [4.69, 9.17) is 50.3 Å². The number of aryl methyl sites for hydroxylation is 1. The number of halogens is 2. The zero-order valence-electron chi connectivity index (χ0n) is 38.7. The average Bonchev–Trinajstić information content (AvgIpc) is 3.41. The lowest BCUT2D eigenvalue weighted by molar-refractivity contribution is -0.608. The molecule has 0 saturated carbocycles. The topological polar surface area (TPSA) is 156 Å². The second kappa shape index (κ2) is 24.8. The van der Waals surface area contributed by atoms with Gasteiger partial charge in [0, 0.05) is 28.9 Å². The molecule has 7 aromatic carbocycles. The van der Waals surface area contributed by atoms with E-state index in [1.54, 1.807) is 133 Å². The Kier molecular flexibility index (Phi) is 17.7. The molecule has 0 bridgehead atoms. The number of ether oxygens (including phenoxy) is 5. The third-order valence-electron chi connectivity index (χ3n) is 11.2. The van der Waals surface area contributed by atoms with E-state index in [0.29, 0.717) is 42.5 Å². The van der Waals surface area contributed by atoms with E-state index >= 15 is 0 Å². The maximum atomic E-state index is 14.4. The SMILES string of the molecule is Cc1ccc(N=C2N=C(SC3O[C@H](COC(=O)c4ccccc4)[C@@H](OC(=O)c4ccccc4)[C@H](OC(=O)c4ccccc4)[C@H]3OC(=O)c3ccccc3)[NH+](c3ccc(Cl)cc3)C(=Nc3ccccc3)S2)cc1.[Cl-]. The minimum absolute atomic E-state index is 0. The van der Waals surface area contributed by atoms with Crippen molar-refractivity contribution in [2.75, 3.05) is 6.61 Å². The zero-order chi connectivity index (χ0) is 49.8. The zero-order valence-corrected chi connectivity index (χ0v) is 41.9. The van der Waals surface area contributed by atoms with Crippen molar-refractivity contribution in [1.82, 2.24) is 0 Å². The Morgan fingerprint density at radius 2 is 1.03 bits per heavy atom. The van der Waals surface area contributed by atoms with Gasteiger partial charge in [-0.15, -0.1) is 0 Å². The predicted molar refractivity (Wildman–Crippen MR) is 279 cm³/mol. The highest BCUT2D eigenvalue weighted by Gasteiger charge is 2.55. The molecule has 9 rings (SSSR count). The lowest BCUT2D eigenvalue weighted by Crippen LogP contribution is -3.12. The molecule has 2 heterocycles. The maximum absolute atomic E-state index is 14.4. The highest BCUT2D eigenvalue weighted by atomic mass is 35.5. The van der Waals surface area contributed by atoms with Crippen LogP contribution in [0.2, 0.25) is 5.02 Å². The number of carbonyl (C=O) groups is 4. The van der Waals surface area contributed by atoms with Crippen LogP contribution in [0.1, 0.15) is 47.0 Å². The number of nitrogens with zero attached hydrogens (tertiary/aromatic N) is 3. The van der Waals surface area contributed by atoms with Gasteiger partial charge in [0.05, 0.1) is 33.6 Å². The van der Waals surface area contributed by atoms with Gasteiger partial charge >= 0.3 is 23.9 Å². The normalized spacial score (nSPS) is 20.4. The molecule has 0 spiro atoms. The van der Waals surface area contributed by atoms with Crippen molar-refractivity contribution in [2.45, 2.75) is 36.8 Å². The van der Waals surface area contributed by atoms with Gasteiger partial charge in [-0.25, -0.2) is 24.2 Å². The molecule has 2 unspecified atom stereocenters. The Balaban J connectivity index is 0.00000711. The summed E-state index contributed by atoms with van der Waals surface area (Å²) in [5, 5.41) is 1.64. The molecular formula is C56H44Cl2N4O9S2. The molecule has 17 heteroatoms. The van der Waals surface area contributed by atoms with E-state index in [9.17, 15) is 19.2 Å². The summed E-state index contributed by atoms with van der Waals surface area (Å²) in [6.45, 7) is 1.48. The Bertz CT molecular complexity index is 3110. The summed E-state index contributed by atoms with van der Waals surface area (Å²) in [4.78, 5) is 72.4. The van der Waals surface area contributed by atoms with Crippen molar-refractivity contribution in [2.24, 2.45) is 15.0 Å². The Morgan fingerprint density at radius 3 is 1.55 bits per heavy atom. The molecule has 1 saturated heterocycles. The summed E-state index contributed by atoms with van der Waals surface area (Å²) in [6, 6.07) is 57.2. The van der Waals surface area contributed by atoms with Crippen molar-refractivity contribution in [3.63, 3.8) is 0 Å². The Morgan fingerprint density at radius 1 is 0.575 bits per heavy atom. The number of amidine groups is 3. The number of carbonyl (C=O) groups excluding carboxylic acids is 4. The first-order valence-electron chi connectivity index (χ1n) is 22.7. The molecule has 0 aliphatic carbocycles. The average molecular weight is 1050 g/mol. The highest BCUT2D eigenvalue weighted by molar-refractivity contribution is 8.26. The third-order valence-corrected chi connectivity index (χ3v) is 13.4. The van der Waals surface area contributed by atoms with Crippen molar-refractivity contribution >= 4 is 91.6 Å². The van der Waals surface area contributed by atoms with Crippen molar-refractivity contribution in [1.29, 1.82) is 0 Å². The standard InChI is InChI=1S/C56H43ClN4O9S2.ClH/c1-36-27-31-43(32-28-36)58-54-60-56(61(44-33-29-41(57)30-34-44)55(72-54)59-42-25-15-6-16-26-42)71-53-48(70-52(65)40-23-13-5-14-24-40)47(69-51(64)39-21-11-4-12-22-39)46(68-50(63)38-19-9-3-10-20-38)45(67-53)35-66-49(62)37-17-7-2-8-18-37;/h2-34,45-48,53H,35H2,1H3;1H/t45-,46-,47+,48-,53?;/m1./s1. The number of nitrogens with one attached hydrogen (secondary N) is 1. The molecule has 13 nitrogen and oxygen atoms in total. The van der Waals surface area contributed by atoms with Gasteiger partial charge in [-0.2, -0.15) is 14.9 Å². The fourth-order valence-corrected chi connectivity index (χ4v) is 9.96. The van der Waals surface area contributed by atoms with Crippen LogP contribution in [0.25, 0.3) is 0 Å². The maximum Gasteiger partial charge on any atom is 0.338 e. The van der Waals surface area contributed by atoms with Gasteiger partial charge in [-0.05, 0) is 104 Å². The first-order chi connectivity index (χ1) is 35.1. The minimum atomic E-state index is -1.60. The van der Waals surface area contributed by atoms with E-state index in [2.05, 4.69) is 0 Å².